The summed E-state index contributed by atoms with van der Waals surface area (Å²) in [5, 5.41) is 5.64. The third-order valence-corrected chi connectivity index (χ3v) is 4.54. The average molecular weight is 267 g/mol. The molecule has 0 bridgehead atoms. The molecular formula is C13H21N3OS. The fourth-order valence-corrected chi connectivity index (χ4v) is 3.28. The third kappa shape index (κ3) is 2.57. The number of carbonyl (C=O) groups excluding carboxylic acids is 1. The molecule has 1 heterocycles. The summed E-state index contributed by atoms with van der Waals surface area (Å²) in [6.45, 7) is 4.62. The quantitative estimate of drug-likeness (QED) is 0.881. The molecule has 1 aliphatic rings. The van der Waals surface area contributed by atoms with Crippen molar-refractivity contribution in [3.05, 3.63) is 11.1 Å². The fraction of sp³-hybridized carbons (Fsp3) is 0.692. The van der Waals surface area contributed by atoms with E-state index in [1.807, 2.05) is 5.38 Å². The van der Waals surface area contributed by atoms with E-state index >= 15 is 0 Å². The van der Waals surface area contributed by atoms with Gasteiger partial charge in [-0.25, -0.2) is 4.98 Å². The molecule has 18 heavy (non-hydrogen) atoms. The summed E-state index contributed by atoms with van der Waals surface area (Å²) in [4.78, 5) is 16.8. The molecule has 1 saturated carbocycles. The molecular weight excluding hydrogens is 246 g/mol. The van der Waals surface area contributed by atoms with Crippen molar-refractivity contribution in [3.8, 4) is 0 Å². The molecule has 4 nitrogen and oxygen atoms in total. The van der Waals surface area contributed by atoms with E-state index < -0.39 is 0 Å². The zero-order valence-corrected chi connectivity index (χ0v) is 11.8. The number of anilines is 1. The number of hydrogen-bond acceptors (Lipinski definition) is 4. The van der Waals surface area contributed by atoms with E-state index in [-0.39, 0.29) is 11.3 Å². The van der Waals surface area contributed by atoms with Crippen LogP contribution in [-0.4, -0.2) is 17.4 Å². The van der Waals surface area contributed by atoms with Crippen LogP contribution in [0.2, 0.25) is 0 Å². The molecule has 1 aromatic rings. The molecule has 1 aliphatic carbocycles. The number of carbonyl (C=O) groups is 1. The van der Waals surface area contributed by atoms with Crippen molar-refractivity contribution in [2.75, 3.05) is 11.9 Å². The molecule has 0 aliphatic heterocycles. The number of thiazole rings is 1. The van der Waals surface area contributed by atoms with Gasteiger partial charge in [-0.2, -0.15) is 0 Å². The Morgan fingerprint density at radius 1 is 1.56 bits per heavy atom. The molecule has 0 radical (unpaired) electrons. The predicted molar refractivity (Wildman–Crippen MR) is 74.8 cm³/mol. The Labute approximate surface area is 112 Å². The second-order valence-electron chi connectivity index (χ2n) is 5.38. The van der Waals surface area contributed by atoms with Crippen LogP contribution in [0.1, 0.15) is 51.1 Å². The van der Waals surface area contributed by atoms with Gasteiger partial charge in [0.25, 0.3) is 0 Å². The van der Waals surface area contributed by atoms with Crippen LogP contribution in [0.15, 0.2) is 5.38 Å². The van der Waals surface area contributed by atoms with Gasteiger partial charge in [-0.05, 0) is 18.8 Å². The van der Waals surface area contributed by atoms with Crippen LogP contribution < -0.4 is 11.1 Å². The molecule has 5 heteroatoms. The highest BCUT2D eigenvalue weighted by Crippen LogP contribution is 2.38. The first-order chi connectivity index (χ1) is 8.57. The maximum Gasteiger partial charge on any atom is 0.233 e. The van der Waals surface area contributed by atoms with Gasteiger partial charge in [0.05, 0.1) is 11.1 Å². The Morgan fingerprint density at radius 2 is 2.22 bits per heavy atom. The average Bonchev–Trinajstić information content (AvgIpc) is 2.97. The summed E-state index contributed by atoms with van der Waals surface area (Å²) in [6.07, 6.45) is 3.99. The Bertz CT molecular complexity index is 422. The minimum Gasteiger partial charge on any atom is -0.329 e. The number of rotatable bonds is 4. The molecule has 2 rings (SSSR count). The lowest BCUT2D eigenvalue weighted by Crippen LogP contribution is -2.40. The highest BCUT2D eigenvalue weighted by Gasteiger charge is 2.40. The van der Waals surface area contributed by atoms with E-state index in [1.54, 1.807) is 0 Å². The largest absolute Gasteiger partial charge is 0.329 e. The van der Waals surface area contributed by atoms with Crippen molar-refractivity contribution < 1.29 is 4.79 Å². The van der Waals surface area contributed by atoms with Gasteiger partial charge in [0, 0.05) is 11.9 Å². The molecule has 1 fully saturated rings. The zero-order chi connectivity index (χ0) is 13.2. The molecule has 0 aromatic carbocycles. The van der Waals surface area contributed by atoms with Crippen LogP contribution in [0.25, 0.3) is 0 Å². The van der Waals surface area contributed by atoms with Gasteiger partial charge in [-0.1, -0.05) is 26.7 Å². The monoisotopic (exact) mass is 267 g/mol. The van der Waals surface area contributed by atoms with E-state index in [2.05, 4.69) is 24.1 Å². The Balaban J connectivity index is 2.06. The Hall–Kier alpha value is -0.940. The molecule has 1 amide bonds. The number of amides is 1. The number of hydrogen-bond donors (Lipinski definition) is 2. The van der Waals surface area contributed by atoms with Crippen molar-refractivity contribution in [1.82, 2.24) is 4.98 Å². The number of nitrogens with one attached hydrogen (secondary N) is 1. The van der Waals surface area contributed by atoms with Gasteiger partial charge < -0.3 is 11.1 Å². The van der Waals surface area contributed by atoms with E-state index in [1.165, 1.54) is 11.3 Å². The van der Waals surface area contributed by atoms with Crippen molar-refractivity contribution in [3.63, 3.8) is 0 Å². The van der Waals surface area contributed by atoms with Crippen LogP contribution in [0.3, 0.4) is 0 Å². The van der Waals surface area contributed by atoms with Gasteiger partial charge in [0.15, 0.2) is 5.13 Å². The predicted octanol–water partition coefficient (Wildman–Crippen LogP) is 2.72. The minimum absolute atomic E-state index is 0.0483. The lowest BCUT2D eigenvalue weighted by molar-refractivity contribution is -0.124. The number of nitrogens with two attached hydrogens (primary N) is 1. The summed E-state index contributed by atoms with van der Waals surface area (Å²) in [7, 11) is 0. The first-order valence-electron chi connectivity index (χ1n) is 6.54. The maximum atomic E-state index is 12.3. The topological polar surface area (TPSA) is 68.0 Å². The van der Waals surface area contributed by atoms with Crippen LogP contribution in [0.4, 0.5) is 5.13 Å². The Kier molecular flexibility index (Phi) is 4.02. The molecule has 0 atom stereocenters. The van der Waals surface area contributed by atoms with Gasteiger partial charge in [-0.15, -0.1) is 11.3 Å². The van der Waals surface area contributed by atoms with Crippen LogP contribution in [0, 0.1) is 5.41 Å². The molecule has 0 unspecified atom stereocenters. The van der Waals surface area contributed by atoms with E-state index in [0.717, 1.165) is 31.4 Å². The molecule has 100 valence electrons. The van der Waals surface area contributed by atoms with Crippen molar-refractivity contribution in [1.29, 1.82) is 0 Å². The number of nitrogens with zero attached hydrogens (tertiary/aromatic N) is 1. The van der Waals surface area contributed by atoms with Crippen LogP contribution in [0.5, 0.6) is 0 Å². The van der Waals surface area contributed by atoms with Gasteiger partial charge in [0.1, 0.15) is 0 Å². The van der Waals surface area contributed by atoms with Crippen LogP contribution >= 0.6 is 11.3 Å². The summed E-state index contributed by atoms with van der Waals surface area (Å²) in [6, 6.07) is 0. The van der Waals surface area contributed by atoms with Gasteiger partial charge >= 0.3 is 0 Å². The van der Waals surface area contributed by atoms with Crippen molar-refractivity contribution >= 4 is 22.4 Å². The van der Waals surface area contributed by atoms with E-state index in [4.69, 9.17) is 5.73 Å². The number of aromatic nitrogens is 1. The zero-order valence-electron chi connectivity index (χ0n) is 11.0. The van der Waals surface area contributed by atoms with Crippen LogP contribution in [-0.2, 0) is 4.79 Å². The first-order valence-corrected chi connectivity index (χ1v) is 7.42. The third-order valence-electron chi connectivity index (χ3n) is 3.77. The molecule has 1 aromatic heterocycles. The van der Waals surface area contributed by atoms with Gasteiger partial charge in [0.2, 0.25) is 5.91 Å². The maximum absolute atomic E-state index is 12.3. The van der Waals surface area contributed by atoms with Crippen molar-refractivity contribution in [2.45, 2.75) is 45.4 Å². The summed E-state index contributed by atoms with van der Waals surface area (Å²) >= 11 is 1.49. The van der Waals surface area contributed by atoms with E-state index in [9.17, 15) is 4.79 Å². The SMILES string of the molecule is CC(C)c1csc(NC(=O)C2(CN)CCCC2)n1. The van der Waals surface area contributed by atoms with E-state index in [0.29, 0.717) is 17.6 Å². The lowest BCUT2D eigenvalue weighted by atomic mass is 9.85. The highest BCUT2D eigenvalue weighted by molar-refractivity contribution is 7.13. The smallest absolute Gasteiger partial charge is 0.233 e. The summed E-state index contributed by atoms with van der Waals surface area (Å²) in [5.41, 5.74) is 6.47. The second-order valence-corrected chi connectivity index (χ2v) is 6.24. The summed E-state index contributed by atoms with van der Waals surface area (Å²) < 4.78 is 0. The first kappa shape index (κ1) is 13.5. The minimum atomic E-state index is -0.357. The second kappa shape index (κ2) is 5.36. The van der Waals surface area contributed by atoms with Gasteiger partial charge in [-0.3, -0.25) is 4.79 Å². The lowest BCUT2D eigenvalue weighted by Gasteiger charge is -2.24. The van der Waals surface area contributed by atoms with Crippen molar-refractivity contribution in [2.24, 2.45) is 11.1 Å². The standard InChI is InChI=1S/C13H21N3OS/c1-9(2)10-7-18-12(15-10)16-11(17)13(8-14)5-3-4-6-13/h7,9H,3-6,8,14H2,1-2H3,(H,15,16,17). The molecule has 0 saturated heterocycles. The Morgan fingerprint density at radius 3 is 2.72 bits per heavy atom. The molecule has 3 N–H and O–H groups in total. The highest BCUT2D eigenvalue weighted by atomic mass is 32.1. The normalized spacial score (nSPS) is 18.2. The fourth-order valence-electron chi connectivity index (χ4n) is 2.41. The summed E-state index contributed by atoms with van der Waals surface area (Å²) in [5.74, 6) is 0.439. The molecule has 0 spiro atoms.